The van der Waals surface area contributed by atoms with Crippen molar-refractivity contribution in [2.24, 2.45) is 0 Å². The first-order chi connectivity index (χ1) is 12.4. The smallest absolute Gasteiger partial charge is 0.323 e. The van der Waals surface area contributed by atoms with Gasteiger partial charge >= 0.3 is 5.97 Å². The fourth-order valence-electron chi connectivity index (χ4n) is 2.28. The van der Waals surface area contributed by atoms with E-state index in [-0.39, 0.29) is 24.5 Å². The van der Waals surface area contributed by atoms with Gasteiger partial charge in [0.15, 0.2) is 5.76 Å². The van der Waals surface area contributed by atoms with E-state index in [0.29, 0.717) is 5.69 Å². The number of anilines is 1. The van der Waals surface area contributed by atoms with Crippen LogP contribution < -0.4 is 5.32 Å². The largest absolute Gasteiger partial charge is 0.480 e. The number of carboxylic acids is 1. The molecule has 0 saturated heterocycles. The summed E-state index contributed by atoms with van der Waals surface area (Å²) in [7, 11) is 1.47. The molecule has 8 heteroatoms. The molecule has 0 spiro atoms. The Morgan fingerprint density at radius 3 is 2.65 bits per heavy atom. The average molecular weight is 360 g/mol. The number of hydrogen-bond acceptors (Lipinski definition) is 5. The van der Waals surface area contributed by atoms with Gasteiger partial charge in [0.2, 0.25) is 0 Å². The van der Waals surface area contributed by atoms with Gasteiger partial charge in [-0.1, -0.05) is 6.07 Å². The number of benzene rings is 1. The Labute approximate surface area is 150 Å². The lowest BCUT2D eigenvalue weighted by Crippen LogP contribution is -2.38. The molecule has 26 heavy (non-hydrogen) atoms. The number of nitrogens with zero attached hydrogens (tertiary/aromatic N) is 1. The molecule has 1 aromatic carbocycles. The number of aliphatic carboxylic acids is 1. The molecule has 0 saturated carbocycles. The standard InChI is InChI=1S/C18H20N2O6/c1-12-5-6-13(18(24)20(7-9-25-2)11-16(21)22)10-14(12)19-17(23)15-4-3-8-26-15/h3-6,8,10H,7,9,11H2,1-2H3,(H,19,23)(H,21,22). The molecular formula is C18H20N2O6. The van der Waals surface area contributed by atoms with Crippen LogP contribution in [0.1, 0.15) is 26.5 Å². The average Bonchev–Trinajstić information content (AvgIpc) is 3.14. The lowest BCUT2D eigenvalue weighted by Gasteiger charge is -2.21. The molecule has 2 aromatic rings. The predicted octanol–water partition coefficient (Wildman–Crippen LogP) is 2.01. The number of furan rings is 1. The zero-order chi connectivity index (χ0) is 19.1. The van der Waals surface area contributed by atoms with E-state index in [9.17, 15) is 14.4 Å². The van der Waals surface area contributed by atoms with E-state index in [1.807, 2.05) is 0 Å². The highest BCUT2D eigenvalue weighted by Gasteiger charge is 2.20. The van der Waals surface area contributed by atoms with Crippen molar-refractivity contribution in [3.8, 4) is 0 Å². The van der Waals surface area contributed by atoms with Gasteiger partial charge in [-0.3, -0.25) is 14.4 Å². The minimum Gasteiger partial charge on any atom is -0.480 e. The first-order valence-electron chi connectivity index (χ1n) is 7.88. The third kappa shape index (κ3) is 4.93. The van der Waals surface area contributed by atoms with Crippen LogP contribution in [0.4, 0.5) is 5.69 Å². The highest BCUT2D eigenvalue weighted by molar-refractivity contribution is 6.04. The van der Waals surface area contributed by atoms with E-state index in [0.717, 1.165) is 5.56 Å². The second-order valence-electron chi connectivity index (χ2n) is 5.57. The van der Waals surface area contributed by atoms with Crippen molar-refractivity contribution in [1.82, 2.24) is 4.90 Å². The zero-order valence-electron chi connectivity index (χ0n) is 14.5. The van der Waals surface area contributed by atoms with Crippen LogP contribution in [0.3, 0.4) is 0 Å². The molecule has 2 rings (SSSR count). The highest BCUT2D eigenvalue weighted by Crippen LogP contribution is 2.19. The molecule has 2 amide bonds. The summed E-state index contributed by atoms with van der Waals surface area (Å²) in [5.41, 5.74) is 1.46. The molecule has 0 fully saturated rings. The zero-order valence-corrected chi connectivity index (χ0v) is 14.5. The highest BCUT2D eigenvalue weighted by atomic mass is 16.5. The first kappa shape index (κ1) is 19.2. The van der Waals surface area contributed by atoms with Crippen molar-refractivity contribution in [2.75, 3.05) is 32.1 Å². The van der Waals surface area contributed by atoms with Crippen LogP contribution in [0.2, 0.25) is 0 Å². The monoisotopic (exact) mass is 360 g/mol. The van der Waals surface area contributed by atoms with Crippen LogP contribution in [0.25, 0.3) is 0 Å². The van der Waals surface area contributed by atoms with Crippen molar-refractivity contribution in [3.05, 3.63) is 53.5 Å². The van der Waals surface area contributed by atoms with Crippen LogP contribution in [-0.4, -0.2) is 54.6 Å². The quantitative estimate of drug-likeness (QED) is 0.745. The van der Waals surface area contributed by atoms with Gasteiger partial charge in [-0.05, 0) is 36.8 Å². The second-order valence-corrected chi connectivity index (χ2v) is 5.57. The van der Waals surface area contributed by atoms with Gasteiger partial charge in [0.1, 0.15) is 6.54 Å². The van der Waals surface area contributed by atoms with E-state index in [1.54, 1.807) is 25.1 Å². The summed E-state index contributed by atoms with van der Waals surface area (Å²) in [5, 5.41) is 11.7. The van der Waals surface area contributed by atoms with Gasteiger partial charge in [0, 0.05) is 24.9 Å². The summed E-state index contributed by atoms with van der Waals surface area (Å²) in [6, 6.07) is 7.91. The van der Waals surface area contributed by atoms with Crippen molar-refractivity contribution < 1.29 is 28.6 Å². The lowest BCUT2D eigenvalue weighted by molar-refractivity contribution is -0.137. The Morgan fingerprint density at radius 2 is 2.04 bits per heavy atom. The fourth-order valence-corrected chi connectivity index (χ4v) is 2.28. The predicted molar refractivity (Wildman–Crippen MR) is 93.3 cm³/mol. The number of carbonyl (C=O) groups excluding carboxylic acids is 2. The fraction of sp³-hybridized carbons (Fsp3) is 0.278. The van der Waals surface area contributed by atoms with E-state index in [4.69, 9.17) is 14.3 Å². The van der Waals surface area contributed by atoms with Gasteiger partial charge in [0.05, 0.1) is 12.9 Å². The number of aryl methyl sites for hydroxylation is 1. The van der Waals surface area contributed by atoms with E-state index in [2.05, 4.69) is 5.32 Å². The maximum absolute atomic E-state index is 12.6. The Hall–Kier alpha value is -3.13. The molecular weight excluding hydrogens is 340 g/mol. The summed E-state index contributed by atoms with van der Waals surface area (Å²) in [6.45, 7) is 1.70. The maximum Gasteiger partial charge on any atom is 0.323 e. The Morgan fingerprint density at radius 1 is 1.27 bits per heavy atom. The van der Waals surface area contributed by atoms with Crippen molar-refractivity contribution in [3.63, 3.8) is 0 Å². The molecule has 2 N–H and O–H groups in total. The van der Waals surface area contributed by atoms with Crippen LogP contribution >= 0.6 is 0 Å². The molecule has 0 radical (unpaired) electrons. The van der Waals surface area contributed by atoms with Crippen LogP contribution in [0, 0.1) is 6.92 Å². The van der Waals surface area contributed by atoms with E-state index < -0.39 is 24.3 Å². The van der Waals surface area contributed by atoms with E-state index >= 15 is 0 Å². The first-order valence-corrected chi connectivity index (χ1v) is 7.88. The molecule has 138 valence electrons. The lowest BCUT2D eigenvalue weighted by atomic mass is 10.1. The molecule has 0 bridgehead atoms. The van der Waals surface area contributed by atoms with E-state index in [1.165, 1.54) is 30.4 Å². The molecule has 0 aliphatic rings. The van der Waals surface area contributed by atoms with Crippen molar-refractivity contribution >= 4 is 23.5 Å². The number of rotatable bonds is 8. The van der Waals surface area contributed by atoms with Gasteiger partial charge in [0.25, 0.3) is 11.8 Å². The summed E-state index contributed by atoms with van der Waals surface area (Å²) < 4.78 is 9.97. The van der Waals surface area contributed by atoms with Crippen LogP contribution in [0.5, 0.6) is 0 Å². The topological polar surface area (TPSA) is 109 Å². The number of methoxy groups -OCH3 is 1. The summed E-state index contributed by atoms with van der Waals surface area (Å²) in [6.07, 6.45) is 1.39. The van der Waals surface area contributed by atoms with Crippen molar-refractivity contribution in [1.29, 1.82) is 0 Å². The molecule has 0 unspecified atom stereocenters. The number of hydrogen-bond donors (Lipinski definition) is 2. The van der Waals surface area contributed by atoms with Crippen LogP contribution in [0.15, 0.2) is 41.0 Å². The molecule has 0 aliphatic carbocycles. The number of carbonyl (C=O) groups is 3. The van der Waals surface area contributed by atoms with Gasteiger partial charge in [-0.25, -0.2) is 0 Å². The number of ether oxygens (including phenoxy) is 1. The minimum atomic E-state index is -1.12. The maximum atomic E-state index is 12.6. The van der Waals surface area contributed by atoms with Crippen molar-refractivity contribution in [2.45, 2.75) is 6.92 Å². The Balaban J connectivity index is 2.21. The SMILES string of the molecule is COCCN(CC(=O)O)C(=O)c1ccc(C)c(NC(=O)c2ccco2)c1. The summed E-state index contributed by atoms with van der Waals surface area (Å²) in [5.74, 6) is -1.87. The normalized spacial score (nSPS) is 10.4. The Bertz CT molecular complexity index is 785. The second kappa shape index (κ2) is 8.82. The number of carboxylic acid groups (broad SMARTS) is 1. The third-order valence-electron chi connectivity index (χ3n) is 3.66. The number of amides is 2. The molecule has 0 aliphatic heterocycles. The van der Waals surface area contributed by atoms with Gasteiger partial charge in [-0.15, -0.1) is 0 Å². The van der Waals surface area contributed by atoms with Gasteiger partial charge in [-0.2, -0.15) is 0 Å². The third-order valence-corrected chi connectivity index (χ3v) is 3.66. The summed E-state index contributed by atoms with van der Waals surface area (Å²) >= 11 is 0. The molecule has 8 nitrogen and oxygen atoms in total. The molecule has 0 atom stereocenters. The molecule has 1 aromatic heterocycles. The van der Waals surface area contributed by atoms with Gasteiger partial charge < -0.3 is 24.5 Å². The number of nitrogens with one attached hydrogen (secondary N) is 1. The van der Waals surface area contributed by atoms with Crippen LogP contribution in [-0.2, 0) is 9.53 Å². The summed E-state index contributed by atoms with van der Waals surface area (Å²) in [4.78, 5) is 37.0. The minimum absolute atomic E-state index is 0.142. The molecule has 1 heterocycles. The Kier molecular flexibility index (Phi) is 6.51.